The lowest BCUT2D eigenvalue weighted by atomic mass is 9.92. The highest BCUT2D eigenvalue weighted by Gasteiger charge is 2.18. The molecule has 0 aliphatic rings. The first kappa shape index (κ1) is 17.5. The van der Waals surface area contributed by atoms with Gasteiger partial charge in [0.1, 0.15) is 12.4 Å². The Morgan fingerprint density at radius 2 is 1.57 bits per heavy atom. The van der Waals surface area contributed by atoms with Crippen LogP contribution in [-0.4, -0.2) is 22.4 Å². The van der Waals surface area contributed by atoms with Crippen LogP contribution in [0.5, 0.6) is 5.75 Å². The van der Waals surface area contributed by atoms with E-state index in [-0.39, 0.29) is 5.92 Å². The summed E-state index contributed by atoms with van der Waals surface area (Å²) in [6.45, 7) is 4.49. The highest BCUT2D eigenvalue weighted by atomic mass is 16.5. The van der Waals surface area contributed by atoms with E-state index in [1.165, 1.54) is 0 Å². The molecule has 0 aliphatic heterocycles. The summed E-state index contributed by atoms with van der Waals surface area (Å²) < 4.78 is 5.77. The van der Waals surface area contributed by atoms with Crippen LogP contribution in [0.15, 0.2) is 54.6 Å². The maximum absolute atomic E-state index is 9.94. The molecule has 0 aromatic heterocycles. The molecule has 0 saturated heterocycles. The van der Waals surface area contributed by atoms with Crippen molar-refractivity contribution in [2.75, 3.05) is 0 Å². The molecule has 0 heterocycles. The zero-order valence-electron chi connectivity index (χ0n) is 13.9. The molecule has 0 radical (unpaired) electrons. The largest absolute Gasteiger partial charge is 0.489 e. The van der Waals surface area contributed by atoms with Crippen molar-refractivity contribution in [2.45, 2.75) is 51.4 Å². The van der Waals surface area contributed by atoms with Crippen molar-refractivity contribution in [3.05, 3.63) is 65.7 Å². The fraction of sp³-hybridized carbons (Fsp3) is 0.400. The molecule has 3 atom stereocenters. The summed E-state index contributed by atoms with van der Waals surface area (Å²) >= 11 is 0. The maximum Gasteiger partial charge on any atom is 0.119 e. The number of ether oxygens (including phenoxy) is 1. The minimum atomic E-state index is -0.677. The molecule has 3 unspecified atom stereocenters. The Kier molecular flexibility index (Phi) is 6.63. The Balaban J connectivity index is 1.88. The summed E-state index contributed by atoms with van der Waals surface area (Å²) in [5.41, 5.74) is 2.28. The Hall–Kier alpha value is -1.84. The van der Waals surface area contributed by atoms with Crippen LogP contribution in [0.4, 0.5) is 0 Å². The van der Waals surface area contributed by atoms with Crippen LogP contribution >= 0.6 is 0 Å². The van der Waals surface area contributed by atoms with Crippen molar-refractivity contribution >= 4 is 0 Å². The smallest absolute Gasteiger partial charge is 0.119 e. The van der Waals surface area contributed by atoms with Crippen molar-refractivity contribution in [3.8, 4) is 5.75 Å². The Labute approximate surface area is 138 Å². The highest BCUT2D eigenvalue weighted by Crippen LogP contribution is 2.24. The van der Waals surface area contributed by atoms with E-state index in [1.807, 2.05) is 61.5 Å². The lowest BCUT2D eigenvalue weighted by Gasteiger charge is -2.20. The van der Waals surface area contributed by atoms with Gasteiger partial charge in [-0.05, 0) is 42.0 Å². The molecule has 23 heavy (non-hydrogen) atoms. The third kappa shape index (κ3) is 5.38. The second-order valence-corrected chi connectivity index (χ2v) is 6.02. The van der Waals surface area contributed by atoms with Gasteiger partial charge in [-0.3, -0.25) is 0 Å². The molecule has 0 saturated carbocycles. The third-order valence-corrected chi connectivity index (χ3v) is 4.15. The van der Waals surface area contributed by atoms with Crippen molar-refractivity contribution in [2.24, 2.45) is 0 Å². The Bertz CT molecular complexity index is 565. The van der Waals surface area contributed by atoms with Crippen LogP contribution in [-0.2, 0) is 6.61 Å². The molecule has 0 aliphatic carbocycles. The maximum atomic E-state index is 9.94. The van der Waals surface area contributed by atoms with Crippen LogP contribution in [0.25, 0.3) is 0 Å². The first-order chi connectivity index (χ1) is 11.1. The second-order valence-electron chi connectivity index (χ2n) is 6.02. The first-order valence-corrected chi connectivity index (χ1v) is 8.23. The number of hydrogen-bond acceptors (Lipinski definition) is 3. The minimum Gasteiger partial charge on any atom is -0.489 e. The molecule has 3 heteroatoms. The van der Waals surface area contributed by atoms with Gasteiger partial charge in [-0.1, -0.05) is 56.3 Å². The normalized spacial score (nSPS) is 15.0. The quantitative estimate of drug-likeness (QED) is 0.777. The zero-order valence-corrected chi connectivity index (χ0v) is 13.9. The lowest BCUT2D eigenvalue weighted by molar-refractivity contribution is 0.00953. The van der Waals surface area contributed by atoms with Gasteiger partial charge < -0.3 is 14.9 Å². The highest BCUT2D eigenvalue weighted by molar-refractivity contribution is 5.29. The van der Waals surface area contributed by atoms with Gasteiger partial charge in [-0.25, -0.2) is 0 Å². The Morgan fingerprint density at radius 3 is 2.17 bits per heavy atom. The van der Waals surface area contributed by atoms with Gasteiger partial charge in [0.05, 0.1) is 12.2 Å². The van der Waals surface area contributed by atoms with E-state index in [9.17, 15) is 10.2 Å². The average molecular weight is 314 g/mol. The van der Waals surface area contributed by atoms with Gasteiger partial charge in [0, 0.05) is 0 Å². The fourth-order valence-corrected chi connectivity index (χ4v) is 2.56. The molecule has 124 valence electrons. The number of rotatable bonds is 8. The van der Waals surface area contributed by atoms with Gasteiger partial charge in [0.2, 0.25) is 0 Å². The third-order valence-electron chi connectivity index (χ3n) is 4.15. The van der Waals surface area contributed by atoms with Crippen LogP contribution in [0.1, 0.15) is 43.7 Å². The SMILES string of the molecule is CCC(O)C(O)CC(C)c1ccc(OCc2ccccc2)cc1. The fourth-order valence-electron chi connectivity index (χ4n) is 2.56. The Morgan fingerprint density at radius 1 is 0.913 bits per heavy atom. The van der Waals surface area contributed by atoms with Crippen molar-refractivity contribution in [1.82, 2.24) is 0 Å². The van der Waals surface area contributed by atoms with E-state index >= 15 is 0 Å². The van der Waals surface area contributed by atoms with E-state index in [2.05, 4.69) is 6.92 Å². The predicted molar refractivity (Wildman–Crippen MR) is 92.6 cm³/mol. The number of aliphatic hydroxyl groups is 2. The lowest BCUT2D eigenvalue weighted by Crippen LogP contribution is -2.26. The summed E-state index contributed by atoms with van der Waals surface area (Å²) in [5, 5.41) is 19.6. The topological polar surface area (TPSA) is 49.7 Å². The minimum absolute atomic E-state index is 0.189. The van der Waals surface area contributed by atoms with Crippen LogP contribution in [0, 0.1) is 0 Å². The van der Waals surface area contributed by atoms with E-state index in [1.54, 1.807) is 0 Å². The number of hydrogen-bond donors (Lipinski definition) is 2. The number of aliphatic hydroxyl groups excluding tert-OH is 2. The summed E-state index contributed by atoms with van der Waals surface area (Å²) in [4.78, 5) is 0. The summed E-state index contributed by atoms with van der Waals surface area (Å²) in [5.74, 6) is 1.02. The molecule has 3 nitrogen and oxygen atoms in total. The van der Waals surface area contributed by atoms with E-state index in [0.717, 1.165) is 16.9 Å². The van der Waals surface area contributed by atoms with Gasteiger partial charge in [0.15, 0.2) is 0 Å². The molecular formula is C20H26O3. The molecule has 2 rings (SSSR count). The summed E-state index contributed by atoms with van der Waals surface area (Å²) in [7, 11) is 0. The first-order valence-electron chi connectivity index (χ1n) is 8.23. The number of benzene rings is 2. The monoisotopic (exact) mass is 314 g/mol. The van der Waals surface area contributed by atoms with Gasteiger partial charge in [-0.15, -0.1) is 0 Å². The van der Waals surface area contributed by atoms with Crippen molar-refractivity contribution in [3.63, 3.8) is 0 Å². The molecule has 0 fully saturated rings. The van der Waals surface area contributed by atoms with Crippen molar-refractivity contribution < 1.29 is 14.9 Å². The summed E-state index contributed by atoms with van der Waals surface area (Å²) in [6.07, 6.45) is -0.200. The molecular weight excluding hydrogens is 288 g/mol. The molecule has 0 spiro atoms. The zero-order chi connectivity index (χ0) is 16.7. The van der Waals surface area contributed by atoms with Crippen LogP contribution < -0.4 is 4.74 Å². The molecule has 2 N–H and O–H groups in total. The van der Waals surface area contributed by atoms with Gasteiger partial charge >= 0.3 is 0 Å². The van der Waals surface area contributed by atoms with Gasteiger partial charge in [0.25, 0.3) is 0 Å². The van der Waals surface area contributed by atoms with Gasteiger partial charge in [-0.2, -0.15) is 0 Å². The van der Waals surface area contributed by atoms with E-state index in [0.29, 0.717) is 19.4 Å². The molecule has 2 aromatic rings. The molecule has 0 bridgehead atoms. The van der Waals surface area contributed by atoms with E-state index in [4.69, 9.17) is 4.74 Å². The summed E-state index contributed by atoms with van der Waals surface area (Å²) in [6, 6.07) is 18.0. The predicted octanol–water partition coefficient (Wildman–Crippen LogP) is 3.89. The van der Waals surface area contributed by atoms with Crippen molar-refractivity contribution in [1.29, 1.82) is 0 Å². The van der Waals surface area contributed by atoms with Crippen LogP contribution in [0.2, 0.25) is 0 Å². The van der Waals surface area contributed by atoms with Crippen LogP contribution in [0.3, 0.4) is 0 Å². The van der Waals surface area contributed by atoms with E-state index < -0.39 is 12.2 Å². The second kappa shape index (κ2) is 8.70. The molecule has 0 amide bonds. The molecule has 2 aromatic carbocycles. The average Bonchev–Trinajstić information content (AvgIpc) is 2.60. The standard InChI is InChI=1S/C20H26O3/c1-3-19(21)20(22)13-15(2)17-9-11-18(12-10-17)23-14-16-7-5-4-6-8-16/h4-12,15,19-22H,3,13-14H2,1-2H3.